The maximum absolute atomic E-state index is 8.97. The topological polar surface area (TPSA) is 39.6 Å². The number of nitrogens with one attached hydrogen (secondary N) is 1. The minimum Gasteiger partial charge on any atom is -0.354 e. The number of hydrogen-bond acceptors (Lipinski definition) is 1. The van der Waals surface area contributed by atoms with E-state index in [0.717, 1.165) is 10.9 Å². The molecule has 0 unspecified atom stereocenters. The number of rotatable bonds is 0. The van der Waals surface area contributed by atoms with E-state index in [2.05, 4.69) is 37.0 Å². The molecule has 0 amide bonds. The molecule has 3 rings (SSSR count). The summed E-state index contributed by atoms with van der Waals surface area (Å²) in [5, 5.41) is 11.3. The van der Waals surface area contributed by atoms with Crippen LogP contribution in [0.2, 0.25) is 0 Å². The Hall–Kier alpha value is -2.27. The highest BCUT2D eigenvalue weighted by Gasteiger charge is 2.09. The Morgan fingerprint density at radius 1 is 1.06 bits per heavy atom. The van der Waals surface area contributed by atoms with E-state index < -0.39 is 0 Å². The van der Waals surface area contributed by atoms with E-state index in [1.807, 2.05) is 18.2 Å². The summed E-state index contributed by atoms with van der Waals surface area (Å²) in [5.74, 6) is 0. The summed E-state index contributed by atoms with van der Waals surface area (Å²) in [5.41, 5.74) is 5.46. The van der Waals surface area contributed by atoms with Crippen molar-refractivity contribution in [1.82, 2.24) is 4.98 Å². The zero-order valence-electron chi connectivity index (χ0n) is 9.83. The molecule has 0 spiro atoms. The van der Waals surface area contributed by atoms with Gasteiger partial charge in [0.1, 0.15) is 0 Å². The Bertz CT molecular complexity index is 773. The lowest BCUT2D eigenvalue weighted by Crippen LogP contribution is -1.79. The van der Waals surface area contributed by atoms with Gasteiger partial charge >= 0.3 is 0 Å². The third kappa shape index (κ3) is 1.33. The van der Waals surface area contributed by atoms with Crippen molar-refractivity contribution >= 4 is 21.8 Å². The van der Waals surface area contributed by atoms with Crippen molar-refractivity contribution in [2.75, 3.05) is 0 Å². The fraction of sp³-hybridized carbons (Fsp3) is 0.133. The molecule has 0 bridgehead atoms. The number of fused-ring (bicyclic) bond motifs is 3. The average Bonchev–Trinajstić information content (AvgIpc) is 2.73. The van der Waals surface area contributed by atoms with Crippen molar-refractivity contribution in [3.63, 3.8) is 0 Å². The van der Waals surface area contributed by atoms with E-state index in [0.29, 0.717) is 5.56 Å². The Morgan fingerprint density at radius 3 is 2.59 bits per heavy atom. The van der Waals surface area contributed by atoms with Crippen LogP contribution in [0.5, 0.6) is 0 Å². The van der Waals surface area contributed by atoms with Crippen LogP contribution in [0.3, 0.4) is 0 Å². The Kier molecular flexibility index (Phi) is 1.96. The van der Waals surface area contributed by atoms with E-state index in [9.17, 15) is 0 Å². The fourth-order valence-electron chi connectivity index (χ4n) is 2.38. The fourth-order valence-corrected chi connectivity index (χ4v) is 2.38. The van der Waals surface area contributed by atoms with Gasteiger partial charge in [0.2, 0.25) is 0 Å². The van der Waals surface area contributed by atoms with Gasteiger partial charge in [-0.05, 0) is 43.2 Å². The predicted molar refractivity (Wildman–Crippen MR) is 70.0 cm³/mol. The van der Waals surface area contributed by atoms with Gasteiger partial charge in [0, 0.05) is 21.8 Å². The molecule has 2 nitrogen and oxygen atoms in total. The third-order valence-corrected chi connectivity index (χ3v) is 3.30. The zero-order valence-corrected chi connectivity index (χ0v) is 9.83. The van der Waals surface area contributed by atoms with Crippen LogP contribution < -0.4 is 0 Å². The van der Waals surface area contributed by atoms with Crippen LogP contribution in [0, 0.1) is 25.2 Å². The van der Waals surface area contributed by atoms with Crippen molar-refractivity contribution in [2.45, 2.75) is 13.8 Å². The first-order valence-electron chi connectivity index (χ1n) is 5.62. The first-order chi connectivity index (χ1) is 8.20. The van der Waals surface area contributed by atoms with Crippen molar-refractivity contribution in [3.8, 4) is 6.07 Å². The number of hydrogen-bond donors (Lipinski definition) is 1. The highest BCUT2D eigenvalue weighted by Crippen LogP contribution is 2.30. The molecule has 2 heteroatoms. The van der Waals surface area contributed by atoms with E-state index in [-0.39, 0.29) is 0 Å². The lowest BCUT2D eigenvalue weighted by molar-refractivity contribution is 1.42. The van der Waals surface area contributed by atoms with Crippen molar-refractivity contribution in [1.29, 1.82) is 5.26 Å². The molecule has 0 aliphatic heterocycles. The molecule has 0 saturated carbocycles. The van der Waals surface area contributed by atoms with Gasteiger partial charge in [-0.1, -0.05) is 12.1 Å². The molecule has 0 saturated heterocycles. The summed E-state index contributed by atoms with van der Waals surface area (Å²) >= 11 is 0. The van der Waals surface area contributed by atoms with E-state index in [1.165, 1.54) is 22.0 Å². The van der Waals surface area contributed by atoms with Crippen molar-refractivity contribution < 1.29 is 0 Å². The molecule has 0 fully saturated rings. The Morgan fingerprint density at radius 2 is 1.82 bits per heavy atom. The molecular formula is C15H12N2. The van der Waals surface area contributed by atoms with Gasteiger partial charge in [0.05, 0.1) is 11.6 Å². The molecule has 0 aliphatic rings. The normalized spacial score (nSPS) is 10.9. The Balaban J connectivity index is 2.58. The summed E-state index contributed by atoms with van der Waals surface area (Å²) < 4.78 is 0. The van der Waals surface area contributed by atoms with Gasteiger partial charge < -0.3 is 4.98 Å². The second kappa shape index (κ2) is 3.36. The number of nitriles is 1. The monoisotopic (exact) mass is 220 g/mol. The molecule has 1 aromatic heterocycles. The van der Waals surface area contributed by atoms with Crippen LogP contribution in [-0.4, -0.2) is 4.98 Å². The molecule has 3 aromatic rings. The number of aryl methyl sites for hydroxylation is 2. The summed E-state index contributed by atoms with van der Waals surface area (Å²) in [4.78, 5) is 3.43. The largest absolute Gasteiger partial charge is 0.354 e. The summed E-state index contributed by atoms with van der Waals surface area (Å²) in [6, 6.07) is 12.2. The molecule has 1 N–H and O–H groups in total. The molecule has 0 atom stereocenters. The van der Waals surface area contributed by atoms with Gasteiger partial charge in [0.15, 0.2) is 0 Å². The van der Waals surface area contributed by atoms with Crippen LogP contribution in [-0.2, 0) is 0 Å². The number of benzene rings is 2. The molecule has 82 valence electrons. The van der Waals surface area contributed by atoms with Crippen molar-refractivity contribution in [2.24, 2.45) is 0 Å². The molecule has 17 heavy (non-hydrogen) atoms. The second-order valence-electron chi connectivity index (χ2n) is 4.45. The third-order valence-electron chi connectivity index (χ3n) is 3.30. The highest BCUT2D eigenvalue weighted by atomic mass is 14.7. The second-order valence-corrected chi connectivity index (χ2v) is 4.45. The molecule has 2 aromatic carbocycles. The standard InChI is InChI=1S/C15H12N2/c1-9-3-4-10(2)15-14(9)12-7-11(8-16)5-6-13(12)17-15/h3-7,17H,1-2H3. The minimum absolute atomic E-state index is 0.708. The van der Waals surface area contributed by atoms with Gasteiger partial charge in [-0.25, -0.2) is 0 Å². The maximum Gasteiger partial charge on any atom is 0.0991 e. The Labute approximate surface area is 99.5 Å². The number of aromatic nitrogens is 1. The van der Waals surface area contributed by atoms with Crippen LogP contribution in [0.4, 0.5) is 0 Å². The van der Waals surface area contributed by atoms with E-state index in [1.54, 1.807) is 0 Å². The van der Waals surface area contributed by atoms with Gasteiger partial charge in [-0.3, -0.25) is 0 Å². The van der Waals surface area contributed by atoms with E-state index in [4.69, 9.17) is 5.26 Å². The SMILES string of the molecule is Cc1ccc(C)c2c1[nH]c1ccc(C#N)cc12. The predicted octanol–water partition coefficient (Wildman–Crippen LogP) is 3.81. The molecule has 0 radical (unpaired) electrons. The van der Waals surface area contributed by atoms with Crippen LogP contribution >= 0.6 is 0 Å². The summed E-state index contributed by atoms with van der Waals surface area (Å²) in [6.07, 6.45) is 0. The van der Waals surface area contributed by atoms with Crippen molar-refractivity contribution in [3.05, 3.63) is 47.0 Å². The number of nitrogens with zero attached hydrogens (tertiary/aromatic N) is 1. The first kappa shape index (κ1) is 9.92. The number of aromatic amines is 1. The summed E-state index contributed by atoms with van der Waals surface area (Å²) in [7, 11) is 0. The van der Waals surface area contributed by atoms with Gasteiger partial charge in [0.25, 0.3) is 0 Å². The quantitative estimate of drug-likeness (QED) is 0.614. The van der Waals surface area contributed by atoms with Gasteiger partial charge in [-0.2, -0.15) is 5.26 Å². The smallest absolute Gasteiger partial charge is 0.0991 e. The maximum atomic E-state index is 8.97. The summed E-state index contributed by atoms with van der Waals surface area (Å²) in [6.45, 7) is 4.20. The molecular weight excluding hydrogens is 208 g/mol. The minimum atomic E-state index is 0.708. The average molecular weight is 220 g/mol. The number of H-pyrrole nitrogens is 1. The molecule has 1 heterocycles. The zero-order chi connectivity index (χ0) is 12.0. The highest BCUT2D eigenvalue weighted by molar-refractivity contribution is 6.10. The van der Waals surface area contributed by atoms with Crippen LogP contribution in [0.25, 0.3) is 21.8 Å². The van der Waals surface area contributed by atoms with Crippen LogP contribution in [0.15, 0.2) is 30.3 Å². The lowest BCUT2D eigenvalue weighted by atomic mass is 10.0. The lowest BCUT2D eigenvalue weighted by Gasteiger charge is -2.00. The van der Waals surface area contributed by atoms with E-state index >= 15 is 0 Å². The first-order valence-corrected chi connectivity index (χ1v) is 5.62. The molecule has 0 aliphatic carbocycles. The van der Waals surface area contributed by atoms with Gasteiger partial charge in [-0.15, -0.1) is 0 Å². The van der Waals surface area contributed by atoms with Crippen LogP contribution in [0.1, 0.15) is 16.7 Å².